The molecular formula is C42H44F6N14O4. The number of nitrogens with one attached hydrogen (secondary N) is 6. The number of amides is 2. The number of benzene rings is 2. The second kappa shape index (κ2) is 19.0. The van der Waals surface area contributed by atoms with Gasteiger partial charge >= 0.3 is 0 Å². The molecule has 7 heterocycles. The Hall–Kier alpha value is -6.82. The van der Waals surface area contributed by atoms with E-state index in [1.54, 1.807) is 9.13 Å². The molecule has 3 saturated heterocycles. The molecule has 2 amide bonds. The zero-order chi connectivity index (χ0) is 46.1. The van der Waals surface area contributed by atoms with Crippen LogP contribution in [0.15, 0.2) is 36.7 Å². The molecule has 7 N–H and O–H groups in total. The van der Waals surface area contributed by atoms with Crippen LogP contribution in [0.25, 0.3) is 22.3 Å². The highest BCUT2D eigenvalue weighted by atomic mass is 19.2. The van der Waals surface area contributed by atoms with E-state index in [-0.39, 0.29) is 60.4 Å². The lowest BCUT2D eigenvalue weighted by atomic mass is 9.93. The molecular weight excluding hydrogens is 879 g/mol. The number of hydrogen-bond acceptors (Lipinski definition) is 14. The second-order valence-electron chi connectivity index (χ2n) is 16.5. The van der Waals surface area contributed by atoms with Crippen molar-refractivity contribution in [1.29, 1.82) is 0 Å². The summed E-state index contributed by atoms with van der Waals surface area (Å²) in [6, 6.07) is 2.03. The van der Waals surface area contributed by atoms with E-state index in [2.05, 4.69) is 61.8 Å². The highest BCUT2D eigenvalue weighted by molar-refractivity contribution is 5.80. The number of imidazole rings is 2. The first kappa shape index (κ1) is 44.4. The van der Waals surface area contributed by atoms with Crippen molar-refractivity contribution in [3.8, 4) is 0 Å². The van der Waals surface area contributed by atoms with Gasteiger partial charge in [-0.05, 0) is 44.9 Å². The highest BCUT2D eigenvalue weighted by Gasteiger charge is 2.29. The van der Waals surface area contributed by atoms with Gasteiger partial charge in [-0.1, -0.05) is 0 Å². The number of piperidine rings is 2. The number of nitrogens with zero attached hydrogens (tertiary/aromatic N) is 8. The van der Waals surface area contributed by atoms with E-state index in [0.29, 0.717) is 123 Å². The van der Waals surface area contributed by atoms with Crippen LogP contribution in [0.4, 0.5) is 61.5 Å². The van der Waals surface area contributed by atoms with Crippen LogP contribution in [-0.2, 0) is 14.3 Å². The summed E-state index contributed by atoms with van der Waals surface area (Å²) >= 11 is 0. The molecule has 10 rings (SSSR count). The monoisotopic (exact) mass is 922 g/mol. The van der Waals surface area contributed by atoms with Gasteiger partial charge in [-0.3, -0.25) is 18.7 Å². The van der Waals surface area contributed by atoms with Crippen molar-refractivity contribution in [2.24, 2.45) is 0 Å². The number of halogens is 6. The minimum Gasteiger partial charge on any atom is -0.393 e. The van der Waals surface area contributed by atoms with E-state index >= 15 is 0 Å². The summed E-state index contributed by atoms with van der Waals surface area (Å²) in [5.41, 5.74) is 0.663. The quantitative estimate of drug-likeness (QED) is 0.0809. The summed E-state index contributed by atoms with van der Waals surface area (Å²) in [5.74, 6) is -5.47. The summed E-state index contributed by atoms with van der Waals surface area (Å²) in [6.45, 7) is 1.67. The summed E-state index contributed by atoms with van der Waals surface area (Å²) in [6.07, 6.45) is 8.20. The number of carbonyl (C=O) groups is 2. The number of aromatic nitrogens is 8. The van der Waals surface area contributed by atoms with Crippen molar-refractivity contribution in [2.45, 2.75) is 88.1 Å². The molecule has 1 unspecified atom stereocenters. The van der Waals surface area contributed by atoms with Crippen molar-refractivity contribution >= 4 is 69.3 Å². The van der Waals surface area contributed by atoms with Gasteiger partial charge in [0.15, 0.2) is 34.6 Å². The first-order valence-corrected chi connectivity index (χ1v) is 21.5. The Kier molecular flexibility index (Phi) is 12.7. The molecule has 18 nitrogen and oxygen atoms in total. The van der Waals surface area contributed by atoms with Crippen molar-refractivity contribution in [3.05, 3.63) is 71.6 Å². The zero-order valence-electron chi connectivity index (χ0n) is 35.1. The normalized spacial score (nSPS) is 22.1. The maximum atomic E-state index is 14.3. The molecule has 4 aliphatic rings. The summed E-state index contributed by atoms with van der Waals surface area (Å²) in [7, 11) is 0. The van der Waals surface area contributed by atoms with Crippen LogP contribution in [0.2, 0.25) is 0 Å². The third-order valence-electron chi connectivity index (χ3n) is 11.9. The summed E-state index contributed by atoms with van der Waals surface area (Å²) in [4.78, 5) is 49.7. The van der Waals surface area contributed by atoms with Crippen LogP contribution in [0.3, 0.4) is 0 Å². The molecule has 1 saturated carbocycles. The van der Waals surface area contributed by atoms with Gasteiger partial charge in [-0.15, -0.1) is 0 Å². The maximum Gasteiger partial charge on any atom is 0.225 e. The van der Waals surface area contributed by atoms with E-state index in [1.807, 2.05) is 0 Å². The third kappa shape index (κ3) is 9.73. The Labute approximate surface area is 371 Å². The number of anilines is 6. The fourth-order valence-electron chi connectivity index (χ4n) is 8.44. The number of aliphatic hydroxyl groups excluding tert-OH is 1. The number of aliphatic hydroxyl groups is 1. The average Bonchev–Trinajstić information content (AvgIpc) is 4.03. The minimum atomic E-state index is -1.10. The van der Waals surface area contributed by atoms with Crippen LogP contribution < -0.4 is 31.9 Å². The predicted molar refractivity (Wildman–Crippen MR) is 227 cm³/mol. The molecule has 0 radical (unpaired) electrons. The van der Waals surface area contributed by atoms with E-state index in [0.717, 1.165) is 12.8 Å². The molecule has 6 aromatic rings. The lowest BCUT2D eigenvalue weighted by molar-refractivity contribution is -0.123. The van der Waals surface area contributed by atoms with E-state index in [1.165, 1.54) is 12.4 Å². The standard InChI is InChI=1S/C22H24F3N7O2.C20H20F3N7O2/c23-11-7-15(24)19(16(25)8-11)30-22-29-17-10-27-21(28-12-1-4-14(33)5-2-12)31-20(17)32(22)13-3-6-18(34)26-9-13;21-10-5-13(22)17(14(23)6-10)28-20-27-15-8-25-19(26-11-1-2-16(31)24-7-11)29-18(15)30(20)12-3-4-32-9-12/h7-8,10,12-14,33H,1-6,9H2,(H,26,34)(H,29,30)(H,27,28,31);5-6,8,11-12H,1-4,7,9H2,(H,24,31)(H,27,28)(H,25,26,29)/t;11-,12+/m.1/s1. The predicted octanol–water partition coefficient (Wildman–Crippen LogP) is 5.79. The van der Waals surface area contributed by atoms with Crippen LogP contribution >= 0.6 is 0 Å². The summed E-state index contributed by atoms with van der Waals surface area (Å²) < 4.78 is 92.7. The fourth-order valence-corrected chi connectivity index (χ4v) is 8.44. The van der Waals surface area contributed by atoms with Crippen LogP contribution in [0.5, 0.6) is 0 Å². The van der Waals surface area contributed by atoms with Gasteiger partial charge in [0.25, 0.3) is 0 Å². The van der Waals surface area contributed by atoms with Crippen LogP contribution in [0.1, 0.15) is 69.9 Å². The van der Waals surface area contributed by atoms with Crippen molar-refractivity contribution in [1.82, 2.24) is 49.7 Å². The van der Waals surface area contributed by atoms with Gasteiger partial charge < -0.3 is 41.7 Å². The van der Waals surface area contributed by atoms with E-state index in [4.69, 9.17) is 4.74 Å². The summed E-state index contributed by atoms with van der Waals surface area (Å²) in [5, 5.41) is 27.1. The first-order valence-electron chi connectivity index (χ1n) is 21.5. The molecule has 4 aromatic heterocycles. The SMILES string of the molecule is O=C1CCC(n2c(Nc3c(F)cc(F)cc3F)nc3cnc(NC4CCC(O)CC4)nc32)CN1.O=C1CC[C@@H](Nc2ncc3nc(Nc4c(F)cc(F)cc4F)n([C@H]4CCOC4)c3n2)CN1. The molecule has 3 atom stereocenters. The van der Waals surface area contributed by atoms with Gasteiger partial charge in [0, 0.05) is 68.9 Å². The number of carbonyl (C=O) groups excluding carboxylic acids is 2. The van der Waals surface area contributed by atoms with E-state index in [9.17, 15) is 41.0 Å². The number of fused-ring (bicyclic) bond motifs is 2. The van der Waals surface area contributed by atoms with Gasteiger partial charge in [0.2, 0.25) is 35.6 Å². The Morgan fingerprint density at radius 3 is 1.58 bits per heavy atom. The van der Waals surface area contributed by atoms with Crippen molar-refractivity contribution < 1.29 is 45.8 Å². The smallest absolute Gasteiger partial charge is 0.225 e. The lowest BCUT2D eigenvalue weighted by Gasteiger charge is -2.27. The second-order valence-corrected chi connectivity index (χ2v) is 16.5. The maximum absolute atomic E-state index is 14.3. The van der Waals surface area contributed by atoms with E-state index < -0.39 is 46.3 Å². The number of ether oxygens (including phenoxy) is 1. The first-order chi connectivity index (χ1) is 31.8. The molecule has 0 bridgehead atoms. The number of rotatable bonds is 10. The lowest BCUT2D eigenvalue weighted by Crippen LogP contribution is -2.42. The van der Waals surface area contributed by atoms with Crippen molar-refractivity contribution in [2.75, 3.05) is 47.6 Å². The average molecular weight is 923 g/mol. The molecule has 66 heavy (non-hydrogen) atoms. The Balaban J connectivity index is 0.000000166. The Morgan fingerprint density at radius 1 is 0.606 bits per heavy atom. The molecule has 348 valence electrons. The van der Waals surface area contributed by atoms with Gasteiger partial charge in [-0.2, -0.15) is 9.97 Å². The minimum absolute atomic E-state index is 0.00899. The Bertz CT molecular complexity index is 2710. The topological polar surface area (TPSA) is 223 Å². The zero-order valence-corrected chi connectivity index (χ0v) is 35.1. The van der Waals surface area contributed by atoms with Crippen LogP contribution in [-0.4, -0.2) is 100 Å². The molecule has 1 aliphatic carbocycles. The Morgan fingerprint density at radius 2 is 1.11 bits per heavy atom. The fraction of sp³-hybridized carbons (Fsp3) is 0.429. The highest BCUT2D eigenvalue weighted by Crippen LogP contribution is 2.34. The molecule has 0 spiro atoms. The van der Waals surface area contributed by atoms with Gasteiger partial charge in [-0.25, -0.2) is 46.3 Å². The largest absolute Gasteiger partial charge is 0.393 e. The van der Waals surface area contributed by atoms with Crippen molar-refractivity contribution in [3.63, 3.8) is 0 Å². The third-order valence-corrected chi connectivity index (χ3v) is 11.9. The molecule has 4 fully saturated rings. The number of hydrogen-bond donors (Lipinski definition) is 7. The van der Waals surface area contributed by atoms with Gasteiger partial charge in [0.05, 0.1) is 37.2 Å². The van der Waals surface area contributed by atoms with Gasteiger partial charge in [0.1, 0.15) is 34.0 Å². The molecule has 24 heteroatoms. The molecule has 2 aromatic carbocycles. The molecule has 3 aliphatic heterocycles. The van der Waals surface area contributed by atoms with Crippen LogP contribution in [0, 0.1) is 34.9 Å².